The summed E-state index contributed by atoms with van der Waals surface area (Å²) in [6, 6.07) is 10.4. The number of rotatable bonds is 7. The second-order valence-corrected chi connectivity index (χ2v) is 7.21. The number of nitrogens with zero attached hydrogens (tertiary/aromatic N) is 2. The molecule has 1 aliphatic heterocycles. The van der Waals surface area contributed by atoms with Crippen LogP contribution in [0, 0.1) is 18.6 Å². The third-order valence-corrected chi connectivity index (χ3v) is 5.06. The Labute approximate surface area is 174 Å². The molecule has 0 saturated heterocycles. The minimum Gasteiger partial charge on any atom is -0.443 e. The number of ether oxygens (including phenoxy) is 2. The van der Waals surface area contributed by atoms with Crippen LogP contribution in [0.1, 0.15) is 36.5 Å². The van der Waals surface area contributed by atoms with E-state index in [0.29, 0.717) is 24.9 Å². The minimum absolute atomic E-state index is 0.167. The van der Waals surface area contributed by atoms with Gasteiger partial charge in [-0.25, -0.2) is 8.78 Å². The van der Waals surface area contributed by atoms with E-state index in [4.69, 9.17) is 15.2 Å². The summed E-state index contributed by atoms with van der Waals surface area (Å²) in [5.41, 5.74) is 5.82. The Bertz CT molecular complexity index is 966. The molecule has 2 aromatic carbocycles. The maximum atomic E-state index is 14.5. The van der Waals surface area contributed by atoms with E-state index in [1.54, 1.807) is 6.92 Å². The van der Waals surface area contributed by atoms with E-state index >= 15 is 0 Å². The van der Waals surface area contributed by atoms with Crippen LogP contribution < -0.4 is 5.73 Å². The molecule has 0 saturated carbocycles. The minimum atomic E-state index is -1.36. The predicted octanol–water partition coefficient (Wildman–Crippen LogP) is 3.42. The molecule has 1 aliphatic rings. The van der Waals surface area contributed by atoms with Crippen LogP contribution in [0.3, 0.4) is 0 Å². The predicted molar refractivity (Wildman–Crippen MR) is 108 cm³/mol. The number of carbonyl (C=O) groups is 1. The molecule has 0 bridgehead atoms. The van der Waals surface area contributed by atoms with Gasteiger partial charge in [0, 0.05) is 19.1 Å². The van der Waals surface area contributed by atoms with Crippen LogP contribution >= 0.6 is 0 Å². The van der Waals surface area contributed by atoms with Crippen molar-refractivity contribution in [2.75, 3.05) is 13.7 Å². The summed E-state index contributed by atoms with van der Waals surface area (Å²) >= 11 is 0. The Hall–Kier alpha value is -2.84. The number of benzene rings is 2. The molecule has 0 radical (unpaired) electrons. The van der Waals surface area contributed by atoms with Gasteiger partial charge in [0.1, 0.15) is 17.7 Å². The molecule has 0 spiro atoms. The molecular weight excluding hydrogens is 392 g/mol. The fourth-order valence-electron chi connectivity index (χ4n) is 3.38. The molecule has 6 nitrogen and oxygen atoms in total. The number of hydrogen-bond acceptors (Lipinski definition) is 5. The largest absolute Gasteiger partial charge is 0.443 e. The van der Waals surface area contributed by atoms with Crippen molar-refractivity contribution in [2.24, 2.45) is 10.8 Å². The fraction of sp³-hybridized carbons (Fsp3) is 0.364. The van der Waals surface area contributed by atoms with Gasteiger partial charge in [0.25, 0.3) is 5.91 Å². The molecule has 160 valence electrons. The first-order valence-electron chi connectivity index (χ1n) is 9.69. The lowest BCUT2D eigenvalue weighted by molar-refractivity contribution is -0.162. The summed E-state index contributed by atoms with van der Waals surface area (Å²) in [6.45, 7) is 3.85. The van der Waals surface area contributed by atoms with Gasteiger partial charge in [-0.15, -0.1) is 5.10 Å². The second kappa shape index (κ2) is 8.89. The van der Waals surface area contributed by atoms with Crippen LogP contribution in [0.2, 0.25) is 0 Å². The molecule has 0 aliphatic carbocycles. The topological polar surface area (TPSA) is 77.1 Å². The van der Waals surface area contributed by atoms with Crippen LogP contribution in [0.15, 0.2) is 47.6 Å². The first-order valence-corrected chi connectivity index (χ1v) is 9.69. The molecular formula is C22H25F2N3O3. The zero-order valence-electron chi connectivity index (χ0n) is 17.2. The monoisotopic (exact) mass is 417 g/mol. The summed E-state index contributed by atoms with van der Waals surface area (Å²) < 4.78 is 39.7. The van der Waals surface area contributed by atoms with Gasteiger partial charge in [-0.05, 0) is 45.0 Å². The van der Waals surface area contributed by atoms with Gasteiger partial charge in [0.05, 0.1) is 5.56 Å². The molecule has 2 atom stereocenters. The van der Waals surface area contributed by atoms with Gasteiger partial charge in [-0.1, -0.05) is 29.8 Å². The molecule has 2 aromatic rings. The third kappa shape index (κ3) is 4.06. The van der Waals surface area contributed by atoms with Crippen LogP contribution in [0.4, 0.5) is 8.78 Å². The van der Waals surface area contributed by atoms with Crippen molar-refractivity contribution >= 4 is 11.8 Å². The summed E-state index contributed by atoms with van der Waals surface area (Å²) in [7, 11) is 1.41. The SMILES string of the molecule is COC(C)C(=O)N1N=C(c2cc(F)ccc2F)OC1(CCCN)c1cccc(C)c1. The average Bonchev–Trinajstić information content (AvgIpc) is 3.13. The average molecular weight is 417 g/mol. The van der Waals surface area contributed by atoms with Crippen LogP contribution in [0.25, 0.3) is 0 Å². The van der Waals surface area contributed by atoms with E-state index in [-0.39, 0.29) is 11.5 Å². The molecule has 0 aromatic heterocycles. The Morgan fingerprint density at radius 3 is 2.73 bits per heavy atom. The van der Waals surface area contributed by atoms with Crippen LogP contribution in [-0.4, -0.2) is 36.6 Å². The molecule has 0 fully saturated rings. The number of methoxy groups -OCH3 is 1. The smallest absolute Gasteiger partial charge is 0.275 e. The lowest BCUT2D eigenvalue weighted by Crippen LogP contribution is -2.48. The highest BCUT2D eigenvalue weighted by molar-refractivity contribution is 5.97. The number of amides is 1. The van der Waals surface area contributed by atoms with E-state index in [2.05, 4.69) is 5.10 Å². The quantitative estimate of drug-likeness (QED) is 0.749. The summed E-state index contributed by atoms with van der Waals surface area (Å²) in [4.78, 5) is 13.2. The van der Waals surface area contributed by atoms with Crippen molar-refractivity contribution in [3.05, 3.63) is 70.8 Å². The highest BCUT2D eigenvalue weighted by Gasteiger charge is 2.50. The number of aryl methyl sites for hydroxylation is 1. The number of halogens is 2. The normalized spacial score (nSPS) is 19.4. The highest BCUT2D eigenvalue weighted by Crippen LogP contribution is 2.41. The van der Waals surface area contributed by atoms with Crippen molar-refractivity contribution in [1.82, 2.24) is 5.01 Å². The standard InChI is InChI=1S/C22H25F2N3O3/c1-14-6-4-7-16(12-14)22(10-5-11-25)27(21(28)15(2)29-3)26-20(30-22)18-13-17(23)8-9-19(18)24/h4,6-9,12-13,15H,5,10-11,25H2,1-3H3. The summed E-state index contributed by atoms with van der Waals surface area (Å²) in [5, 5.41) is 5.46. The number of nitrogens with two attached hydrogens (primary N) is 1. The van der Waals surface area contributed by atoms with Crippen molar-refractivity contribution < 1.29 is 23.0 Å². The third-order valence-electron chi connectivity index (χ3n) is 5.06. The van der Waals surface area contributed by atoms with Gasteiger partial charge >= 0.3 is 0 Å². The van der Waals surface area contributed by atoms with E-state index in [0.717, 1.165) is 23.8 Å². The van der Waals surface area contributed by atoms with Gasteiger partial charge in [0.2, 0.25) is 11.6 Å². The second-order valence-electron chi connectivity index (χ2n) is 7.21. The molecule has 2 unspecified atom stereocenters. The van der Waals surface area contributed by atoms with Gasteiger partial charge in [-0.2, -0.15) is 5.01 Å². The maximum Gasteiger partial charge on any atom is 0.275 e. The van der Waals surface area contributed by atoms with Crippen molar-refractivity contribution in [3.63, 3.8) is 0 Å². The number of carbonyl (C=O) groups excluding carboxylic acids is 1. The summed E-state index contributed by atoms with van der Waals surface area (Å²) in [6.07, 6.45) is -0.0110. The maximum absolute atomic E-state index is 14.5. The first-order chi connectivity index (χ1) is 14.3. The van der Waals surface area contributed by atoms with Crippen molar-refractivity contribution in [3.8, 4) is 0 Å². The van der Waals surface area contributed by atoms with Crippen LogP contribution in [-0.2, 0) is 20.0 Å². The highest BCUT2D eigenvalue weighted by atomic mass is 19.1. The van der Waals surface area contributed by atoms with Gasteiger partial charge < -0.3 is 15.2 Å². The van der Waals surface area contributed by atoms with Crippen molar-refractivity contribution in [1.29, 1.82) is 0 Å². The number of hydrazone groups is 1. The van der Waals surface area contributed by atoms with Gasteiger partial charge in [-0.3, -0.25) is 4.79 Å². The lowest BCUT2D eigenvalue weighted by atomic mass is 9.94. The Kier molecular flexibility index (Phi) is 6.48. The van der Waals surface area contributed by atoms with Gasteiger partial charge in [0.15, 0.2) is 0 Å². The van der Waals surface area contributed by atoms with E-state index < -0.39 is 29.4 Å². The molecule has 2 N–H and O–H groups in total. The first kappa shape index (κ1) is 21.9. The summed E-state index contributed by atoms with van der Waals surface area (Å²) in [5.74, 6) is -2.00. The Balaban J connectivity index is 2.18. The number of hydrogen-bond donors (Lipinski definition) is 1. The fourth-order valence-corrected chi connectivity index (χ4v) is 3.38. The zero-order valence-corrected chi connectivity index (χ0v) is 17.2. The van der Waals surface area contributed by atoms with E-state index in [1.165, 1.54) is 12.1 Å². The molecule has 30 heavy (non-hydrogen) atoms. The molecule has 1 amide bonds. The van der Waals surface area contributed by atoms with E-state index in [1.807, 2.05) is 31.2 Å². The van der Waals surface area contributed by atoms with E-state index in [9.17, 15) is 13.6 Å². The molecule has 8 heteroatoms. The van der Waals surface area contributed by atoms with Crippen molar-refractivity contribution in [2.45, 2.75) is 38.5 Å². The Morgan fingerprint density at radius 1 is 1.30 bits per heavy atom. The zero-order chi connectivity index (χ0) is 21.9. The Morgan fingerprint density at radius 2 is 2.07 bits per heavy atom. The lowest BCUT2D eigenvalue weighted by Gasteiger charge is -2.36. The van der Waals surface area contributed by atoms with Crippen LogP contribution in [0.5, 0.6) is 0 Å². The molecule has 1 heterocycles. The molecule has 3 rings (SSSR count).